The fourth-order valence-corrected chi connectivity index (χ4v) is 0.645. The molecular formula is C11H21N. The predicted molar refractivity (Wildman–Crippen MR) is 58.1 cm³/mol. The van der Waals surface area contributed by atoms with Gasteiger partial charge < -0.3 is 5.32 Å². The van der Waals surface area contributed by atoms with E-state index in [2.05, 4.69) is 18.8 Å². The second kappa shape index (κ2) is 12.7. The Balaban J connectivity index is 0. The minimum absolute atomic E-state index is 1.05. The minimum atomic E-state index is 1.05. The summed E-state index contributed by atoms with van der Waals surface area (Å²) in [6.07, 6.45) is 8.79. The van der Waals surface area contributed by atoms with Crippen LogP contribution in [-0.4, -0.2) is 7.05 Å². The molecule has 0 radical (unpaired) electrons. The molecule has 1 nitrogen and oxygen atoms in total. The van der Waals surface area contributed by atoms with Gasteiger partial charge in [0.1, 0.15) is 0 Å². The van der Waals surface area contributed by atoms with E-state index in [1.165, 1.54) is 5.57 Å². The van der Waals surface area contributed by atoms with Crippen LogP contribution in [0.3, 0.4) is 0 Å². The second-order valence-electron chi connectivity index (χ2n) is 1.96. The highest BCUT2D eigenvalue weighted by Gasteiger charge is 1.82. The largest absolute Gasteiger partial charge is 0.394 e. The normalized spacial score (nSPS) is 10.5. The molecule has 0 spiro atoms. The van der Waals surface area contributed by atoms with Gasteiger partial charge in [0.25, 0.3) is 0 Å². The van der Waals surface area contributed by atoms with E-state index >= 15 is 0 Å². The van der Waals surface area contributed by atoms with Crippen LogP contribution in [-0.2, 0) is 0 Å². The summed E-state index contributed by atoms with van der Waals surface area (Å²) in [5, 5.41) is 2.98. The van der Waals surface area contributed by atoms with Gasteiger partial charge >= 0.3 is 0 Å². The van der Waals surface area contributed by atoms with Crippen molar-refractivity contribution in [3.8, 4) is 0 Å². The van der Waals surface area contributed by atoms with Gasteiger partial charge in [0.15, 0.2) is 0 Å². The number of hydrogen-bond acceptors (Lipinski definition) is 1. The molecule has 12 heavy (non-hydrogen) atoms. The summed E-state index contributed by atoms with van der Waals surface area (Å²) in [4.78, 5) is 0. The Morgan fingerprint density at radius 1 is 1.42 bits per heavy atom. The van der Waals surface area contributed by atoms with Crippen LogP contribution in [0.25, 0.3) is 0 Å². The number of hydrogen-bond donors (Lipinski definition) is 1. The van der Waals surface area contributed by atoms with Crippen molar-refractivity contribution < 1.29 is 0 Å². The van der Waals surface area contributed by atoms with Crippen LogP contribution >= 0.6 is 0 Å². The molecule has 0 saturated carbocycles. The summed E-state index contributed by atoms with van der Waals surface area (Å²) < 4.78 is 0. The Kier molecular flexibility index (Phi) is 14.4. The van der Waals surface area contributed by atoms with E-state index in [1.807, 2.05) is 39.2 Å². The summed E-state index contributed by atoms with van der Waals surface area (Å²) in [5.41, 5.74) is 1.28. The first kappa shape index (κ1) is 13.6. The standard InChI is InChI=1S/C9H15N.C2H6/c1-4-6-7-9(5-2)8-10-3;1-2/h4,6-8,10H,1,5H2,2-3H3;1-2H3/b7-6-,9-8-;. The topological polar surface area (TPSA) is 12.0 Å². The Bertz CT molecular complexity index is 140. The molecule has 0 aliphatic rings. The third kappa shape index (κ3) is 9.02. The summed E-state index contributed by atoms with van der Waals surface area (Å²) in [6.45, 7) is 9.71. The molecule has 0 aromatic rings. The average molecular weight is 167 g/mol. The van der Waals surface area contributed by atoms with E-state index in [1.54, 1.807) is 6.08 Å². The molecule has 0 aliphatic carbocycles. The lowest BCUT2D eigenvalue weighted by Crippen LogP contribution is -1.94. The van der Waals surface area contributed by atoms with E-state index in [-0.39, 0.29) is 0 Å². The first-order valence-electron chi connectivity index (χ1n) is 4.50. The number of allylic oxidation sites excluding steroid dienone is 4. The fourth-order valence-electron chi connectivity index (χ4n) is 0.645. The van der Waals surface area contributed by atoms with Crippen molar-refractivity contribution >= 4 is 0 Å². The molecule has 1 N–H and O–H groups in total. The Labute approximate surface area is 76.9 Å². The quantitative estimate of drug-likeness (QED) is 0.634. The van der Waals surface area contributed by atoms with Gasteiger partial charge in [-0.2, -0.15) is 0 Å². The summed E-state index contributed by atoms with van der Waals surface area (Å²) in [5.74, 6) is 0. The van der Waals surface area contributed by atoms with Gasteiger partial charge in [0, 0.05) is 7.05 Å². The first-order valence-corrected chi connectivity index (χ1v) is 4.50. The number of rotatable bonds is 4. The highest BCUT2D eigenvalue weighted by atomic mass is 14.8. The van der Waals surface area contributed by atoms with E-state index in [4.69, 9.17) is 0 Å². The van der Waals surface area contributed by atoms with Crippen molar-refractivity contribution in [3.63, 3.8) is 0 Å². The monoisotopic (exact) mass is 167 g/mol. The maximum absolute atomic E-state index is 3.59. The maximum atomic E-state index is 3.59. The van der Waals surface area contributed by atoms with Gasteiger partial charge in [-0.05, 0) is 18.2 Å². The van der Waals surface area contributed by atoms with Gasteiger partial charge in [-0.25, -0.2) is 0 Å². The third-order valence-corrected chi connectivity index (χ3v) is 1.18. The molecule has 0 atom stereocenters. The number of nitrogens with one attached hydrogen (secondary N) is 1. The molecule has 1 heteroatoms. The highest BCUT2D eigenvalue weighted by Crippen LogP contribution is 1.99. The molecule has 70 valence electrons. The van der Waals surface area contributed by atoms with E-state index in [0.29, 0.717) is 0 Å². The summed E-state index contributed by atoms with van der Waals surface area (Å²) in [7, 11) is 1.90. The molecule has 0 rings (SSSR count). The zero-order chi connectivity index (χ0) is 9.82. The highest BCUT2D eigenvalue weighted by molar-refractivity contribution is 5.20. The molecule has 0 unspecified atom stereocenters. The second-order valence-corrected chi connectivity index (χ2v) is 1.96. The van der Waals surface area contributed by atoms with Crippen molar-refractivity contribution in [1.29, 1.82) is 0 Å². The maximum Gasteiger partial charge on any atom is 0.00278 e. The van der Waals surface area contributed by atoms with Gasteiger partial charge in [0.05, 0.1) is 0 Å². The fraction of sp³-hybridized carbons (Fsp3) is 0.455. The summed E-state index contributed by atoms with van der Waals surface area (Å²) in [6, 6.07) is 0. The molecule has 0 fully saturated rings. The van der Waals surface area contributed by atoms with Gasteiger partial charge in [0.2, 0.25) is 0 Å². The smallest absolute Gasteiger partial charge is 0.00278 e. The Hall–Kier alpha value is -0.980. The molecule has 0 heterocycles. The van der Waals surface area contributed by atoms with Crippen LogP contribution in [0.5, 0.6) is 0 Å². The lowest BCUT2D eigenvalue weighted by molar-refractivity contribution is 1.04. The molecule has 0 amide bonds. The van der Waals surface area contributed by atoms with Crippen LogP contribution in [0.1, 0.15) is 27.2 Å². The molecular weight excluding hydrogens is 146 g/mol. The SMILES string of the molecule is C=C/C=C\C(=C/NC)CC.CC. The minimum Gasteiger partial charge on any atom is -0.394 e. The van der Waals surface area contributed by atoms with Crippen molar-refractivity contribution in [2.75, 3.05) is 7.05 Å². The van der Waals surface area contributed by atoms with Crippen LogP contribution in [0.2, 0.25) is 0 Å². The Morgan fingerprint density at radius 2 is 2.00 bits per heavy atom. The van der Waals surface area contributed by atoms with E-state index in [9.17, 15) is 0 Å². The molecule has 0 bridgehead atoms. The van der Waals surface area contributed by atoms with Crippen LogP contribution in [0, 0.1) is 0 Å². The summed E-state index contributed by atoms with van der Waals surface area (Å²) >= 11 is 0. The van der Waals surface area contributed by atoms with Crippen LogP contribution < -0.4 is 5.32 Å². The molecule has 0 aliphatic heterocycles. The lowest BCUT2D eigenvalue weighted by atomic mass is 10.2. The lowest BCUT2D eigenvalue weighted by Gasteiger charge is -1.94. The first-order chi connectivity index (χ1) is 5.85. The van der Waals surface area contributed by atoms with Crippen LogP contribution in [0.15, 0.2) is 36.6 Å². The van der Waals surface area contributed by atoms with Gasteiger partial charge in [-0.3, -0.25) is 0 Å². The van der Waals surface area contributed by atoms with Crippen LogP contribution in [0.4, 0.5) is 0 Å². The van der Waals surface area contributed by atoms with Crippen molar-refractivity contribution in [2.24, 2.45) is 0 Å². The van der Waals surface area contributed by atoms with E-state index < -0.39 is 0 Å². The molecule has 0 aromatic carbocycles. The predicted octanol–water partition coefficient (Wildman–Crippen LogP) is 3.27. The third-order valence-electron chi connectivity index (χ3n) is 1.18. The van der Waals surface area contributed by atoms with Gasteiger partial charge in [-0.1, -0.05) is 45.6 Å². The average Bonchev–Trinajstić information content (AvgIpc) is 2.15. The van der Waals surface area contributed by atoms with Crippen molar-refractivity contribution in [1.82, 2.24) is 5.32 Å². The zero-order valence-corrected chi connectivity index (χ0v) is 8.72. The zero-order valence-electron chi connectivity index (χ0n) is 8.72. The molecule has 0 saturated heterocycles. The molecule has 0 aromatic heterocycles. The van der Waals surface area contributed by atoms with Crippen molar-refractivity contribution in [3.05, 3.63) is 36.6 Å². The van der Waals surface area contributed by atoms with Crippen molar-refractivity contribution in [2.45, 2.75) is 27.2 Å². The van der Waals surface area contributed by atoms with E-state index in [0.717, 1.165) is 6.42 Å². The Morgan fingerprint density at radius 3 is 2.33 bits per heavy atom. The van der Waals surface area contributed by atoms with Gasteiger partial charge in [-0.15, -0.1) is 0 Å².